The van der Waals surface area contributed by atoms with Gasteiger partial charge in [0.1, 0.15) is 5.82 Å². The molecular formula is C16H20BrN7. The summed E-state index contributed by atoms with van der Waals surface area (Å²) in [4.78, 5) is 4.99. The number of nitrogens with zero attached hydrogens (tertiary/aromatic N) is 4. The number of hydrogen-bond donors (Lipinski definition) is 3. The minimum absolute atomic E-state index is 0.405. The Balaban J connectivity index is 1.91. The van der Waals surface area contributed by atoms with Crippen LogP contribution in [0, 0.1) is 0 Å². The molecule has 0 amide bonds. The minimum Gasteiger partial charge on any atom is -0.369 e. The number of H-pyrrole nitrogens is 1. The first kappa shape index (κ1) is 15.6. The van der Waals surface area contributed by atoms with Gasteiger partial charge in [0, 0.05) is 36.3 Å². The standard InChI is InChI=1S/C16H20BrN7/c1-2-19-16-13(17)14(10-4-3-5-18-6-10)23-15-12(9-22-24(15)16)11-7-20-21-8-11/h7-10,18-19H,2-6H2,1H3,(H,20,21). The summed E-state index contributed by atoms with van der Waals surface area (Å²) in [5.41, 5.74) is 3.93. The van der Waals surface area contributed by atoms with Crippen LogP contribution < -0.4 is 10.6 Å². The van der Waals surface area contributed by atoms with E-state index in [-0.39, 0.29) is 0 Å². The van der Waals surface area contributed by atoms with E-state index in [0.717, 1.165) is 58.8 Å². The van der Waals surface area contributed by atoms with E-state index in [1.807, 2.05) is 16.9 Å². The molecule has 1 saturated heterocycles. The third kappa shape index (κ3) is 2.59. The maximum absolute atomic E-state index is 4.99. The lowest BCUT2D eigenvalue weighted by Gasteiger charge is -2.24. The Bertz CT molecular complexity index is 834. The predicted molar refractivity (Wildman–Crippen MR) is 97.3 cm³/mol. The van der Waals surface area contributed by atoms with Crippen molar-refractivity contribution in [1.29, 1.82) is 0 Å². The number of halogens is 1. The van der Waals surface area contributed by atoms with Gasteiger partial charge in [-0.25, -0.2) is 4.98 Å². The summed E-state index contributed by atoms with van der Waals surface area (Å²) in [6, 6.07) is 0. The Morgan fingerprint density at radius 2 is 2.33 bits per heavy atom. The summed E-state index contributed by atoms with van der Waals surface area (Å²) in [6.07, 6.45) is 7.85. The van der Waals surface area contributed by atoms with Crippen LogP contribution in [0.3, 0.4) is 0 Å². The molecule has 126 valence electrons. The lowest BCUT2D eigenvalue weighted by Crippen LogP contribution is -2.29. The molecule has 0 aliphatic carbocycles. The fourth-order valence-electron chi connectivity index (χ4n) is 3.27. The van der Waals surface area contributed by atoms with Crippen LogP contribution in [0.5, 0.6) is 0 Å². The van der Waals surface area contributed by atoms with Crippen LogP contribution in [0.25, 0.3) is 16.8 Å². The normalized spacial score (nSPS) is 18.2. The maximum Gasteiger partial charge on any atom is 0.165 e. The molecule has 4 rings (SSSR count). The maximum atomic E-state index is 4.99. The highest BCUT2D eigenvalue weighted by molar-refractivity contribution is 9.10. The average Bonchev–Trinajstić information content (AvgIpc) is 3.27. The van der Waals surface area contributed by atoms with Crippen LogP contribution in [0.1, 0.15) is 31.4 Å². The zero-order chi connectivity index (χ0) is 16.5. The Morgan fingerprint density at radius 1 is 1.42 bits per heavy atom. The second-order valence-electron chi connectivity index (χ2n) is 6.01. The molecule has 0 aromatic carbocycles. The number of aromatic nitrogens is 5. The summed E-state index contributed by atoms with van der Waals surface area (Å²) < 4.78 is 2.88. The molecule has 1 unspecified atom stereocenters. The smallest absolute Gasteiger partial charge is 0.165 e. The highest BCUT2D eigenvalue weighted by Gasteiger charge is 2.24. The van der Waals surface area contributed by atoms with Crippen molar-refractivity contribution in [2.45, 2.75) is 25.7 Å². The van der Waals surface area contributed by atoms with Crippen molar-refractivity contribution in [3.63, 3.8) is 0 Å². The largest absolute Gasteiger partial charge is 0.369 e. The molecule has 8 heteroatoms. The molecule has 4 heterocycles. The minimum atomic E-state index is 0.405. The number of nitrogens with one attached hydrogen (secondary N) is 3. The van der Waals surface area contributed by atoms with Crippen LogP contribution in [0.15, 0.2) is 23.1 Å². The average molecular weight is 390 g/mol. The van der Waals surface area contributed by atoms with Gasteiger partial charge in [0.05, 0.1) is 22.6 Å². The first-order valence-electron chi connectivity index (χ1n) is 8.30. The highest BCUT2D eigenvalue weighted by atomic mass is 79.9. The molecule has 0 bridgehead atoms. The van der Waals surface area contributed by atoms with Crippen molar-refractivity contribution < 1.29 is 0 Å². The summed E-state index contributed by atoms with van der Waals surface area (Å²) in [5, 5.41) is 18.4. The van der Waals surface area contributed by atoms with Gasteiger partial charge in [0.25, 0.3) is 0 Å². The number of fused-ring (bicyclic) bond motifs is 1. The number of piperidine rings is 1. The van der Waals surface area contributed by atoms with Crippen LogP contribution >= 0.6 is 15.9 Å². The summed E-state index contributed by atoms with van der Waals surface area (Å²) in [6.45, 7) is 4.95. The molecule has 1 fully saturated rings. The van der Waals surface area contributed by atoms with Crippen LogP contribution in [-0.2, 0) is 0 Å². The first-order chi connectivity index (χ1) is 11.8. The Kier molecular flexibility index (Phi) is 4.24. The molecule has 0 radical (unpaired) electrons. The van der Waals surface area contributed by atoms with E-state index in [0.29, 0.717) is 5.92 Å². The van der Waals surface area contributed by atoms with E-state index >= 15 is 0 Å². The molecule has 1 atom stereocenters. The Morgan fingerprint density at radius 3 is 3.04 bits per heavy atom. The number of aromatic amines is 1. The molecule has 0 spiro atoms. The Labute approximate surface area is 148 Å². The van der Waals surface area contributed by atoms with Crippen molar-refractivity contribution in [3.8, 4) is 11.1 Å². The molecule has 3 aromatic rings. The summed E-state index contributed by atoms with van der Waals surface area (Å²) in [5.74, 6) is 1.36. The van der Waals surface area contributed by atoms with Gasteiger partial charge in [-0.3, -0.25) is 5.10 Å². The highest BCUT2D eigenvalue weighted by Crippen LogP contribution is 2.36. The van der Waals surface area contributed by atoms with E-state index in [9.17, 15) is 0 Å². The van der Waals surface area contributed by atoms with E-state index in [1.165, 1.54) is 6.42 Å². The van der Waals surface area contributed by atoms with E-state index in [2.05, 4.69) is 48.8 Å². The number of anilines is 1. The van der Waals surface area contributed by atoms with Crippen molar-refractivity contribution in [3.05, 3.63) is 28.8 Å². The fourth-order valence-corrected chi connectivity index (χ4v) is 3.99. The van der Waals surface area contributed by atoms with E-state index in [1.54, 1.807) is 6.20 Å². The molecule has 0 saturated carbocycles. The van der Waals surface area contributed by atoms with Crippen molar-refractivity contribution in [1.82, 2.24) is 30.1 Å². The second kappa shape index (κ2) is 6.52. The van der Waals surface area contributed by atoms with Crippen molar-refractivity contribution in [2.75, 3.05) is 25.0 Å². The quantitative estimate of drug-likeness (QED) is 0.638. The fraction of sp³-hybridized carbons (Fsp3) is 0.438. The molecule has 24 heavy (non-hydrogen) atoms. The van der Waals surface area contributed by atoms with Crippen LogP contribution in [0.2, 0.25) is 0 Å². The van der Waals surface area contributed by atoms with Crippen molar-refractivity contribution >= 4 is 27.4 Å². The summed E-state index contributed by atoms with van der Waals surface area (Å²) >= 11 is 3.76. The van der Waals surface area contributed by atoms with Crippen LogP contribution in [-0.4, -0.2) is 44.4 Å². The van der Waals surface area contributed by atoms with Crippen molar-refractivity contribution in [2.24, 2.45) is 0 Å². The lowest BCUT2D eigenvalue weighted by molar-refractivity contribution is 0.453. The van der Waals surface area contributed by atoms with Gasteiger partial charge in [-0.15, -0.1) is 0 Å². The Hall–Kier alpha value is -1.93. The van der Waals surface area contributed by atoms with Gasteiger partial charge < -0.3 is 10.6 Å². The van der Waals surface area contributed by atoms with Crippen LogP contribution in [0.4, 0.5) is 5.82 Å². The zero-order valence-corrected chi connectivity index (χ0v) is 15.1. The zero-order valence-electron chi connectivity index (χ0n) is 13.5. The van der Waals surface area contributed by atoms with Gasteiger partial charge in [-0.2, -0.15) is 14.7 Å². The lowest BCUT2D eigenvalue weighted by atomic mass is 9.96. The predicted octanol–water partition coefficient (Wildman–Crippen LogP) is 2.78. The SMILES string of the molecule is CCNc1c(Br)c(C2CCCNC2)nc2c(-c3cn[nH]c3)cnn12. The number of rotatable bonds is 4. The van der Waals surface area contributed by atoms with Gasteiger partial charge in [0.2, 0.25) is 0 Å². The summed E-state index contributed by atoms with van der Waals surface area (Å²) in [7, 11) is 0. The topological polar surface area (TPSA) is 82.9 Å². The second-order valence-corrected chi connectivity index (χ2v) is 6.81. The molecule has 1 aliphatic rings. The molecule has 1 aliphatic heterocycles. The number of hydrogen-bond acceptors (Lipinski definition) is 5. The molecule has 7 nitrogen and oxygen atoms in total. The molecule has 3 aromatic heterocycles. The third-order valence-corrected chi connectivity index (χ3v) is 5.23. The molecule has 3 N–H and O–H groups in total. The van der Waals surface area contributed by atoms with Gasteiger partial charge >= 0.3 is 0 Å². The van der Waals surface area contributed by atoms with E-state index < -0.39 is 0 Å². The first-order valence-corrected chi connectivity index (χ1v) is 9.09. The molecular weight excluding hydrogens is 370 g/mol. The van der Waals surface area contributed by atoms with E-state index in [4.69, 9.17) is 4.98 Å². The van der Waals surface area contributed by atoms with Gasteiger partial charge in [-0.05, 0) is 42.2 Å². The monoisotopic (exact) mass is 389 g/mol. The van der Waals surface area contributed by atoms with Gasteiger partial charge in [0.15, 0.2) is 5.65 Å². The third-order valence-electron chi connectivity index (χ3n) is 4.45. The van der Waals surface area contributed by atoms with Gasteiger partial charge in [-0.1, -0.05) is 0 Å².